The monoisotopic (exact) mass is 416 g/mol. The average molecular weight is 416 g/mol. The third-order valence-electron chi connectivity index (χ3n) is 5.84. The van der Waals surface area contributed by atoms with Gasteiger partial charge in [-0.2, -0.15) is 0 Å². The lowest BCUT2D eigenvalue weighted by atomic mass is 9.72. The average Bonchev–Trinajstić information content (AvgIpc) is 2.74. The van der Waals surface area contributed by atoms with Gasteiger partial charge in [-0.05, 0) is 55.3 Å². The molecule has 8 heteroatoms. The Balaban J connectivity index is 1.41. The number of piperidine rings is 1. The molecule has 2 heterocycles. The Hall–Kier alpha value is -3.00. The first-order valence-corrected chi connectivity index (χ1v) is 9.73. The number of methoxy groups -OCH3 is 1. The molecule has 2 saturated heterocycles. The standard InChI is InChI=1S/C22H22F2N2O4/c1-29-20-21(28)26(17-4-2-3-16(24)13-17)22(20)9-11-25(12-10-22)19(27)14-30-18-7-5-15(23)6-8-18/h2-8,13,20H,9-12,14H2,1H3. The summed E-state index contributed by atoms with van der Waals surface area (Å²) in [7, 11) is 1.49. The lowest BCUT2D eigenvalue weighted by molar-refractivity contribution is -0.153. The number of hydrogen-bond acceptors (Lipinski definition) is 4. The van der Waals surface area contributed by atoms with E-state index in [9.17, 15) is 18.4 Å². The Morgan fingerprint density at radius 1 is 1.10 bits per heavy atom. The molecule has 0 saturated carbocycles. The number of rotatable bonds is 5. The Labute approximate surface area is 173 Å². The summed E-state index contributed by atoms with van der Waals surface area (Å²) < 4.78 is 37.6. The van der Waals surface area contributed by atoms with Crippen molar-refractivity contribution < 1.29 is 27.8 Å². The fourth-order valence-electron chi connectivity index (χ4n) is 4.33. The van der Waals surface area contributed by atoms with Gasteiger partial charge >= 0.3 is 0 Å². The largest absolute Gasteiger partial charge is 0.484 e. The van der Waals surface area contributed by atoms with E-state index >= 15 is 0 Å². The molecular formula is C22H22F2N2O4. The number of amides is 2. The molecule has 30 heavy (non-hydrogen) atoms. The van der Waals surface area contributed by atoms with Crippen molar-refractivity contribution in [2.45, 2.75) is 24.5 Å². The summed E-state index contributed by atoms with van der Waals surface area (Å²) in [5, 5.41) is 0. The molecule has 0 bridgehead atoms. The van der Waals surface area contributed by atoms with Crippen LogP contribution in [0.1, 0.15) is 12.8 Å². The maximum absolute atomic E-state index is 13.7. The van der Waals surface area contributed by atoms with Crippen LogP contribution in [-0.4, -0.2) is 55.2 Å². The fraction of sp³-hybridized carbons (Fsp3) is 0.364. The van der Waals surface area contributed by atoms with Gasteiger partial charge < -0.3 is 19.3 Å². The zero-order valence-electron chi connectivity index (χ0n) is 16.5. The smallest absolute Gasteiger partial charge is 0.260 e. The van der Waals surface area contributed by atoms with Crippen molar-refractivity contribution in [2.24, 2.45) is 0 Å². The van der Waals surface area contributed by atoms with Gasteiger partial charge in [0.05, 0.1) is 5.54 Å². The van der Waals surface area contributed by atoms with Gasteiger partial charge in [0.1, 0.15) is 17.4 Å². The van der Waals surface area contributed by atoms with E-state index in [0.717, 1.165) is 0 Å². The number of carbonyl (C=O) groups excluding carboxylic acids is 2. The molecule has 0 N–H and O–H groups in total. The number of nitrogens with zero attached hydrogens (tertiary/aromatic N) is 2. The number of carbonyl (C=O) groups is 2. The van der Waals surface area contributed by atoms with Crippen LogP contribution in [0.2, 0.25) is 0 Å². The van der Waals surface area contributed by atoms with Crippen LogP contribution in [0.15, 0.2) is 48.5 Å². The van der Waals surface area contributed by atoms with Crippen LogP contribution in [-0.2, 0) is 14.3 Å². The van der Waals surface area contributed by atoms with Crippen LogP contribution in [0.5, 0.6) is 5.75 Å². The van der Waals surface area contributed by atoms with Crippen molar-refractivity contribution >= 4 is 17.5 Å². The molecule has 2 aliphatic rings. The van der Waals surface area contributed by atoms with Crippen LogP contribution in [0.25, 0.3) is 0 Å². The number of β-lactam (4-membered cyclic amide) rings is 1. The molecule has 158 valence electrons. The van der Waals surface area contributed by atoms with Crippen molar-refractivity contribution in [3.63, 3.8) is 0 Å². The second kappa shape index (κ2) is 8.02. The summed E-state index contributed by atoms with van der Waals surface area (Å²) in [6.45, 7) is 0.689. The van der Waals surface area contributed by atoms with E-state index in [-0.39, 0.29) is 24.2 Å². The first kappa shape index (κ1) is 20.3. The molecule has 0 aromatic heterocycles. The van der Waals surface area contributed by atoms with Crippen molar-refractivity contribution in [3.05, 3.63) is 60.2 Å². The Kier molecular flexibility index (Phi) is 5.42. The number of benzene rings is 2. The molecule has 1 spiro atoms. The molecule has 2 fully saturated rings. The molecule has 1 unspecified atom stereocenters. The normalized spacial score (nSPS) is 20.2. The SMILES string of the molecule is COC1C(=O)N(c2cccc(F)c2)C12CCN(C(=O)COc1ccc(F)cc1)CC2. The lowest BCUT2D eigenvalue weighted by Crippen LogP contribution is -2.78. The van der Waals surface area contributed by atoms with Gasteiger partial charge in [0, 0.05) is 25.9 Å². The van der Waals surface area contributed by atoms with Crippen LogP contribution in [0.4, 0.5) is 14.5 Å². The molecule has 4 rings (SSSR count). The molecule has 6 nitrogen and oxygen atoms in total. The highest BCUT2D eigenvalue weighted by Gasteiger charge is 2.62. The summed E-state index contributed by atoms with van der Waals surface area (Å²) in [4.78, 5) is 28.4. The third kappa shape index (κ3) is 3.52. The highest BCUT2D eigenvalue weighted by atomic mass is 19.1. The van der Waals surface area contributed by atoms with E-state index < -0.39 is 17.5 Å². The Morgan fingerprint density at radius 3 is 2.43 bits per heavy atom. The van der Waals surface area contributed by atoms with Crippen LogP contribution < -0.4 is 9.64 Å². The summed E-state index contributed by atoms with van der Waals surface area (Å²) in [6.07, 6.45) is 0.403. The molecule has 0 radical (unpaired) electrons. The molecule has 2 aromatic rings. The van der Waals surface area contributed by atoms with Gasteiger partial charge in [-0.1, -0.05) is 6.07 Å². The zero-order valence-corrected chi connectivity index (χ0v) is 16.5. The minimum absolute atomic E-state index is 0.154. The van der Waals surface area contributed by atoms with E-state index in [4.69, 9.17) is 9.47 Å². The van der Waals surface area contributed by atoms with Gasteiger partial charge in [-0.25, -0.2) is 8.78 Å². The second-order valence-corrected chi connectivity index (χ2v) is 7.50. The van der Waals surface area contributed by atoms with Crippen LogP contribution >= 0.6 is 0 Å². The van der Waals surface area contributed by atoms with E-state index in [2.05, 4.69) is 0 Å². The zero-order chi connectivity index (χ0) is 21.3. The Bertz CT molecular complexity index is 942. The van der Waals surface area contributed by atoms with E-state index in [1.54, 1.807) is 21.9 Å². The molecule has 0 aliphatic carbocycles. The number of anilines is 1. The quantitative estimate of drug-likeness (QED) is 0.704. The minimum Gasteiger partial charge on any atom is -0.484 e. The first-order chi connectivity index (χ1) is 14.4. The minimum atomic E-state index is -0.617. The van der Waals surface area contributed by atoms with Crippen molar-refractivity contribution in [1.82, 2.24) is 4.90 Å². The van der Waals surface area contributed by atoms with Crippen LogP contribution in [0, 0.1) is 11.6 Å². The van der Waals surface area contributed by atoms with Gasteiger partial charge in [-0.15, -0.1) is 0 Å². The summed E-state index contributed by atoms with van der Waals surface area (Å²) in [5.74, 6) is -0.768. The number of ether oxygens (including phenoxy) is 2. The van der Waals surface area contributed by atoms with E-state index in [1.165, 1.54) is 43.5 Å². The predicted molar refractivity (Wildman–Crippen MR) is 105 cm³/mol. The molecule has 1 atom stereocenters. The lowest BCUT2D eigenvalue weighted by Gasteiger charge is -2.59. The maximum Gasteiger partial charge on any atom is 0.260 e. The van der Waals surface area contributed by atoms with Crippen molar-refractivity contribution in [1.29, 1.82) is 0 Å². The highest BCUT2D eigenvalue weighted by Crippen LogP contribution is 2.45. The second-order valence-electron chi connectivity index (χ2n) is 7.50. The predicted octanol–water partition coefficient (Wildman–Crippen LogP) is 2.77. The fourth-order valence-corrected chi connectivity index (χ4v) is 4.33. The number of hydrogen-bond donors (Lipinski definition) is 0. The molecule has 2 aliphatic heterocycles. The Morgan fingerprint density at radius 2 is 1.80 bits per heavy atom. The molecule has 2 amide bonds. The maximum atomic E-state index is 13.7. The topological polar surface area (TPSA) is 59.1 Å². The third-order valence-corrected chi connectivity index (χ3v) is 5.84. The van der Waals surface area contributed by atoms with E-state index in [1.807, 2.05) is 0 Å². The molecule has 2 aromatic carbocycles. The van der Waals surface area contributed by atoms with Crippen molar-refractivity contribution in [3.8, 4) is 5.75 Å². The molecular weight excluding hydrogens is 394 g/mol. The number of halogens is 2. The summed E-state index contributed by atoms with van der Waals surface area (Å²) in [5.41, 5.74) is -0.110. The highest BCUT2D eigenvalue weighted by molar-refractivity contribution is 6.07. The van der Waals surface area contributed by atoms with Gasteiger partial charge in [-0.3, -0.25) is 9.59 Å². The van der Waals surface area contributed by atoms with Crippen molar-refractivity contribution in [2.75, 3.05) is 31.7 Å². The van der Waals surface area contributed by atoms with Gasteiger partial charge in [0.25, 0.3) is 11.8 Å². The van der Waals surface area contributed by atoms with Gasteiger partial charge in [0.15, 0.2) is 12.7 Å². The van der Waals surface area contributed by atoms with Gasteiger partial charge in [0.2, 0.25) is 0 Å². The summed E-state index contributed by atoms with van der Waals surface area (Å²) in [6, 6.07) is 11.4. The first-order valence-electron chi connectivity index (χ1n) is 9.73. The number of likely N-dealkylation sites (tertiary alicyclic amines) is 1. The van der Waals surface area contributed by atoms with E-state index in [0.29, 0.717) is 37.4 Å². The van der Waals surface area contributed by atoms with Crippen LogP contribution in [0.3, 0.4) is 0 Å². The summed E-state index contributed by atoms with van der Waals surface area (Å²) >= 11 is 0.